The van der Waals surface area contributed by atoms with Gasteiger partial charge in [0, 0.05) is 75.1 Å². The van der Waals surface area contributed by atoms with Gasteiger partial charge in [0.15, 0.2) is 0 Å². The Morgan fingerprint density at radius 3 is 2.71 bits per heavy atom. The minimum atomic E-state index is 0.191. The zero-order valence-corrected chi connectivity index (χ0v) is 19.4. The molecule has 5 rings (SSSR count). The van der Waals surface area contributed by atoms with E-state index in [9.17, 15) is 4.79 Å². The monoisotopic (exact) mass is 461 g/mol. The molecule has 10 heteroatoms. The molecule has 3 aromatic rings. The molecule has 0 spiro atoms. The van der Waals surface area contributed by atoms with Crippen LogP contribution in [0.4, 0.5) is 4.79 Å². The minimum absolute atomic E-state index is 0.191. The fourth-order valence-electron chi connectivity index (χ4n) is 5.10. The average molecular weight is 462 g/mol. The van der Waals surface area contributed by atoms with Gasteiger partial charge in [0.1, 0.15) is 12.0 Å². The van der Waals surface area contributed by atoms with E-state index in [0.717, 1.165) is 93.8 Å². The van der Waals surface area contributed by atoms with Crippen molar-refractivity contribution in [1.29, 1.82) is 5.26 Å². The highest BCUT2D eigenvalue weighted by Gasteiger charge is 2.29. The van der Waals surface area contributed by atoms with Crippen LogP contribution in [0.1, 0.15) is 32.1 Å². The van der Waals surface area contributed by atoms with Crippen LogP contribution in [-0.4, -0.2) is 90.8 Å². The Hall–Kier alpha value is -3.45. The molecule has 0 bridgehead atoms. The third-order valence-electron chi connectivity index (χ3n) is 6.96. The number of nitrogens with one attached hydrogen (secondary N) is 1. The van der Waals surface area contributed by atoms with Gasteiger partial charge >= 0.3 is 6.03 Å². The van der Waals surface area contributed by atoms with E-state index in [1.54, 1.807) is 6.33 Å². The van der Waals surface area contributed by atoms with Crippen LogP contribution in [0, 0.1) is 11.3 Å². The highest BCUT2D eigenvalue weighted by atomic mass is 16.2. The maximum Gasteiger partial charge on any atom is 0.320 e. The third-order valence-corrected chi connectivity index (χ3v) is 6.96. The summed E-state index contributed by atoms with van der Waals surface area (Å²) in [5.74, 6) is 0. The van der Waals surface area contributed by atoms with Gasteiger partial charge < -0.3 is 14.8 Å². The van der Waals surface area contributed by atoms with Gasteiger partial charge in [-0.25, -0.2) is 14.8 Å². The molecular weight excluding hydrogens is 430 g/mol. The van der Waals surface area contributed by atoms with Gasteiger partial charge in [-0.1, -0.05) is 0 Å². The topological polar surface area (TPSA) is 110 Å². The van der Waals surface area contributed by atoms with E-state index in [-0.39, 0.29) is 12.1 Å². The number of nitrogens with zero attached hydrogens (tertiary/aromatic N) is 8. The molecule has 3 aromatic heterocycles. The number of carbonyl (C=O) groups is 1. The lowest BCUT2D eigenvalue weighted by molar-refractivity contribution is 0.0829. The Morgan fingerprint density at radius 2 is 1.91 bits per heavy atom. The highest BCUT2D eigenvalue weighted by molar-refractivity contribution is 5.89. The number of amides is 2. The first-order chi connectivity index (χ1) is 16.7. The number of urea groups is 1. The lowest BCUT2D eigenvalue weighted by Gasteiger charge is -2.40. The van der Waals surface area contributed by atoms with Crippen molar-refractivity contribution >= 4 is 17.1 Å². The van der Waals surface area contributed by atoms with Crippen LogP contribution < -0.4 is 0 Å². The molecule has 5 heterocycles. The van der Waals surface area contributed by atoms with Crippen molar-refractivity contribution in [3.63, 3.8) is 0 Å². The predicted octanol–water partition coefficient (Wildman–Crippen LogP) is 2.72. The van der Waals surface area contributed by atoms with E-state index in [0.29, 0.717) is 6.42 Å². The standard InChI is InChI=1S/C24H31N9O/c25-7-2-1-5-20(30-11-13-32(14-12-30)24(34)31-9-3-4-10-31)17-33-16-19(15-29-33)22-21-6-8-26-23(21)28-18-27-22/h6,8,15-16,18,20H,1-5,9-14,17H2,(H,26,27,28)/t20-/m0/s1. The summed E-state index contributed by atoms with van der Waals surface area (Å²) in [6.07, 6.45) is 11.9. The van der Waals surface area contributed by atoms with Crippen LogP contribution >= 0.6 is 0 Å². The molecule has 2 amide bonds. The van der Waals surface area contributed by atoms with Crippen LogP contribution in [0.2, 0.25) is 0 Å². The fourth-order valence-corrected chi connectivity index (χ4v) is 5.10. The summed E-state index contributed by atoms with van der Waals surface area (Å²) in [6.45, 7) is 5.72. The van der Waals surface area contributed by atoms with Gasteiger partial charge in [-0.2, -0.15) is 10.4 Å². The zero-order chi connectivity index (χ0) is 23.3. The summed E-state index contributed by atoms with van der Waals surface area (Å²) in [6, 6.07) is 4.71. The van der Waals surface area contributed by atoms with Crippen LogP contribution in [-0.2, 0) is 6.54 Å². The lowest BCUT2D eigenvalue weighted by atomic mass is 10.1. The third kappa shape index (κ3) is 4.75. The number of aromatic nitrogens is 5. The second kappa shape index (κ2) is 10.2. The minimum Gasteiger partial charge on any atom is -0.346 e. The van der Waals surface area contributed by atoms with Gasteiger partial charge in [0.2, 0.25) is 0 Å². The molecule has 2 aliphatic heterocycles. The Bertz CT molecular complexity index is 1150. The number of likely N-dealkylation sites (tertiary alicyclic amines) is 1. The molecule has 0 aromatic carbocycles. The quantitative estimate of drug-likeness (QED) is 0.542. The maximum atomic E-state index is 12.8. The lowest BCUT2D eigenvalue weighted by Crippen LogP contribution is -2.55. The van der Waals surface area contributed by atoms with E-state index >= 15 is 0 Å². The summed E-state index contributed by atoms with van der Waals surface area (Å²) >= 11 is 0. The SMILES string of the molecule is N#CCCC[C@@H](Cn1cc(-c2ncnc3[nH]ccc23)cn1)N1CCN(C(=O)N2CCCC2)CC1. The summed E-state index contributed by atoms with van der Waals surface area (Å²) < 4.78 is 1.98. The molecule has 1 atom stereocenters. The van der Waals surface area contributed by atoms with Crippen molar-refractivity contribution in [2.75, 3.05) is 39.3 Å². The first-order valence-corrected chi connectivity index (χ1v) is 12.2. The van der Waals surface area contributed by atoms with Gasteiger partial charge in [0.25, 0.3) is 0 Å². The number of hydrogen-bond acceptors (Lipinski definition) is 6. The number of fused-ring (bicyclic) bond motifs is 1. The molecule has 34 heavy (non-hydrogen) atoms. The summed E-state index contributed by atoms with van der Waals surface area (Å²) in [5.41, 5.74) is 2.64. The van der Waals surface area contributed by atoms with Crippen molar-refractivity contribution in [3.8, 4) is 17.3 Å². The number of rotatable bonds is 7. The first kappa shape index (κ1) is 22.3. The first-order valence-electron chi connectivity index (χ1n) is 12.2. The van der Waals surface area contributed by atoms with Gasteiger partial charge in [-0.05, 0) is 31.7 Å². The van der Waals surface area contributed by atoms with Crippen molar-refractivity contribution in [2.45, 2.75) is 44.7 Å². The Kier molecular flexibility index (Phi) is 6.72. The summed E-state index contributed by atoms with van der Waals surface area (Å²) in [4.78, 5) is 31.1. The van der Waals surface area contributed by atoms with Crippen LogP contribution in [0.3, 0.4) is 0 Å². The van der Waals surface area contributed by atoms with Crippen molar-refractivity contribution in [1.82, 2.24) is 39.4 Å². The molecule has 178 valence electrons. The van der Waals surface area contributed by atoms with Crippen LogP contribution in [0.25, 0.3) is 22.3 Å². The Balaban J connectivity index is 1.25. The van der Waals surface area contributed by atoms with Gasteiger partial charge in [-0.15, -0.1) is 0 Å². The molecule has 0 radical (unpaired) electrons. The molecule has 2 saturated heterocycles. The van der Waals surface area contributed by atoms with E-state index in [2.05, 4.69) is 31.0 Å². The Morgan fingerprint density at radius 1 is 1.12 bits per heavy atom. The zero-order valence-electron chi connectivity index (χ0n) is 19.4. The number of piperazine rings is 1. The van der Waals surface area contributed by atoms with E-state index in [1.165, 1.54) is 0 Å². The van der Waals surface area contributed by atoms with E-state index in [1.807, 2.05) is 39.1 Å². The molecule has 10 nitrogen and oxygen atoms in total. The van der Waals surface area contributed by atoms with Crippen molar-refractivity contribution in [3.05, 3.63) is 31.0 Å². The van der Waals surface area contributed by atoms with E-state index in [4.69, 9.17) is 5.26 Å². The number of aromatic amines is 1. The molecule has 2 fully saturated rings. The normalized spacial score (nSPS) is 17.9. The van der Waals surface area contributed by atoms with E-state index < -0.39 is 0 Å². The molecule has 0 unspecified atom stereocenters. The maximum absolute atomic E-state index is 12.8. The second-order valence-electron chi connectivity index (χ2n) is 9.12. The molecule has 0 saturated carbocycles. The number of unbranched alkanes of at least 4 members (excludes halogenated alkanes) is 1. The largest absolute Gasteiger partial charge is 0.346 e. The number of hydrogen-bond donors (Lipinski definition) is 1. The van der Waals surface area contributed by atoms with Crippen LogP contribution in [0.5, 0.6) is 0 Å². The predicted molar refractivity (Wildman–Crippen MR) is 128 cm³/mol. The van der Waals surface area contributed by atoms with Gasteiger partial charge in [-0.3, -0.25) is 9.58 Å². The van der Waals surface area contributed by atoms with Crippen molar-refractivity contribution in [2.24, 2.45) is 0 Å². The second-order valence-corrected chi connectivity index (χ2v) is 9.12. The summed E-state index contributed by atoms with van der Waals surface area (Å²) in [5, 5.41) is 14.6. The number of nitriles is 1. The Labute approximate surface area is 199 Å². The number of carbonyl (C=O) groups excluding carboxylic acids is 1. The molecule has 2 aliphatic rings. The summed E-state index contributed by atoms with van der Waals surface area (Å²) in [7, 11) is 0. The average Bonchev–Trinajstić information content (AvgIpc) is 3.65. The fraction of sp³-hybridized carbons (Fsp3) is 0.542. The van der Waals surface area contributed by atoms with Crippen molar-refractivity contribution < 1.29 is 4.79 Å². The molecule has 1 N–H and O–H groups in total. The smallest absolute Gasteiger partial charge is 0.320 e. The molecular formula is C24H31N9O. The van der Waals surface area contributed by atoms with Crippen LogP contribution in [0.15, 0.2) is 31.0 Å². The highest BCUT2D eigenvalue weighted by Crippen LogP contribution is 2.25. The molecule has 0 aliphatic carbocycles. The number of H-pyrrole nitrogens is 1. The van der Waals surface area contributed by atoms with Gasteiger partial charge in [0.05, 0.1) is 24.5 Å².